The first-order chi connectivity index (χ1) is 5.72. The molecule has 72 valence electrons. The van der Waals surface area contributed by atoms with Crippen LogP contribution in [0.3, 0.4) is 0 Å². The van der Waals surface area contributed by atoms with E-state index in [-0.39, 0.29) is 5.92 Å². The Labute approximate surface area is 75.0 Å². The lowest BCUT2D eigenvalue weighted by Crippen LogP contribution is -2.12. The molecule has 0 aromatic heterocycles. The molecule has 0 bridgehead atoms. The molecule has 0 amide bonds. The maximum atomic E-state index is 10.6. The van der Waals surface area contributed by atoms with Gasteiger partial charge in [0, 0.05) is 0 Å². The number of carboxylic acids is 1. The highest BCUT2D eigenvalue weighted by molar-refractivity contribution is 5.69. The molecule has 0 spiro atoms. The molecule has 12 heavy (non-hydrogen) atoms. The van der Waals surface area contributed by atoms with E-state index in [0.717, 1.165) is 19.3 Å². The molecule has 1 atom stereocenters. The summed E-state index contributed by atoms with van der Waals surface area (Å²) in [6.07, 6.45) is 6.31. The van der Waals surface area contributed by atoms with Gasteiger partial charge >= 0.3 is 5.97 Å². The van der Waals surface area contributed by atoms with Crippen LogP contribution < -0.4 is 0 Å². The minimum atomic E-state index is -0.631. The second-order valence-electron chi connectivity index (χ2n) is 3.29. The third kappa shape index (κ3) is 5.16. The summed E-state index contributed by atoms with van der Waals surface area (Å²) in [5.41, 5.74) is 0. The standard InChI is InChI=1S/C10H20O2/c1-3-5-6-7-8-9(4-2)10(11)12/h9H,3-8H2,1-2H3,(H,11,12)/t9-/m1/s1. The van der Waals surface area contributed by atoms with E-state index in [1.807, 2.05) is 6.92 Å². The molecule has 0 radical (unpaired) electrons. The fraction of sp³-hybridized carbons (Fsp3) is 0.900. The highest BCUT2D eigenvalue weighted by atomic mass is 16.4. The van der Waals surface area contributed by atoms with Gasteiger partial charge in [-0.3, -0.25) is 4.79 Å². The molecule has 0 heterocycles. The summed E-state index contributed by atoms with van der Waals surface area (Å²) in [6, 6.07) is 0. The van der Waals surface area contributed by atoms with Crippen LogP contribution in [0.4, 0.5) is 0 Å². The zero-order chi connectivity index (χ0) is 9.40. The second-order valence-corrected chi connectivity index (χ2v) is 3.29. The lowest BCUT2D eigenvalue weighted by molar-refractivity contribution is -0.142. The first kappa shape index (κ1) is 11.5. The van der Waals surface area contributed by atoms with Gasteiger partial charge in [-0.25, -0.2) is 0 Å². The number of carboxylic acid groups (broad SMARTS) is 1. The van der Waals surface area contributed by atoms with Crippen LogP contribution in [0.25, 0.3) is 0 Å². The van der Waals surface area contributed by atoms with Gasteiger partial charge in [-0.05, 0) is 12.8 Å². The van der Waals surface area contributed by atoms with Crippen molar-refractivity contribution >= 4 is 5.97 Å². The summed E-state index contributed by atoms with van der Waals surface area (Å²) in [4.78, 5) is 10.6. The van der Waals surface area contributed by atoms with Gasteiger partial charge in [-0.2, -0.15) is 0 Å². The molecule has 0 unspecified atom stereocenters. The van der Waals surface area contributed by atoms with E-state index in [1.165, 1.54) is 19.3 Å². The molecule has 0 aliphatic carbocycles. The van der Waals surface area contributed by atoms with Crippen LogP contribution in [0.5, 0.6) is 0 Å². The van der Waals surface area contributed by atoms with Gasteiger partial charge in [-0.15, -0.1) is 0 Å². The second kappa shape index (κ2) is 7.14. The van der Waals surface area contributed by atoms with Gasteiger partial charge in [0.05, 0.1) is 5.92 Å². The molecule has 0 fully saturated rings. The van der Waals surface area contributed by atoms with Crippen LogP contribution >= 0.6 is 0 Å². The largest absolute Gasteiger partial charge is 0.481 e. The van der Waals surface area contributed by atoms with Crippen LogP contribution in [0, 0.1) is 5.92 Å². The lowest BCUT2D eigenvalue weighted by atomic mass is 9.99. The van der Waals surface area contributed by atoms with E-state index < -0.39 is 5.97 Å². The van der Waals surface area contributed by atoms with Crippen LogP contribution in [0.2, 0.25) is 0 Å². The van der Waals surface area contributed by atoms with E-state index in [1.54, 1.807) is 0 Å². The maximum Gasteiger partial charge on any atom is 0.306 e. The molecular weight excluding hydrogens is 152 g/mol. The molecule has 0 aromatic rings. The Morgan fingerprint density at radius 1 is 1.25 bits per heavy atom. The van der Waals surface area contributed by atoms with Crippen molar-refractivity contribution in [2.24, 2.45) is 5.92 Å². The molecule has 1 N–H and O–H groups in total. The summed E-state index contributed by atoms with van der Waals surface area (Å²) in [5, 5.41) is 8.73. The number of hydrogen-bond donors (Lipinski definition) is 1. The predicted octanol–water partition coefficient (Wildman–Crippen LogP) is 3.07. The third-order valence-corrected chi connectivity index (χ3v) is 2.25. The minimum absolute atomic E-state index is 0.109. The molecule has 0 rings (SSSR count). The number of hydrogen-bond acceptors (Lipinski definition) is 1. The molecule has 0 saturated carbocycles. The number of rotatable bonds is 7. The van der Waals surface area contributed by atoms with Gasteiger partial charge in [0.15, 0.2) is 0 Å². The Morgan fingerprint density at radius 2 is 1.92 bits per heavy atom. The predicted molar refractivity (Wildman–Crippen MR) is 50.2 cm³/mol. The average molecular weight is 172 g/mol. The highest BCUT2D eigenvalue weighted by Gasteiger charge is 2.13. The molecule has 0 aliphatic rings. The summed E-state index contributed by atoms with van der Waals surface area (Å²) in [6.45, 7) is 4.10. The van der Waals surface area contributed by atoms with Gasteiger partial charge in [0.2, 0.25) is 0 Å². The van der Waals surface area contributed by atoms with Crippen molar-refractivity contribution in [1.29, 1.82) is 0 Å². The molecule has 0 aliphatic heterocycles. The van der Waals surface area contributed by atoms with Crippen LogP contribution in [-0.2, 0) is 4.79 Å². The number of unbranched alkanes of at least 4 members (excludes halogenated alkanes) is 3. The quantitative estimate of drug-likeness (QED) is 0.599. The van der Waals surface area contributed by atoms with Gasteiger partial charge < -0.3 is 5.11 Å². The van der Waals surface area contributed by atoms with Crippen LogP contribution in [0.1, 0.15) is 52.4 Å². The van der Waals surface area contributed by atoms with E-state index in [9.17, 15) is 4.79 Å². The normalized spacial score (nSPS) is 12.8. The van der Waals surface area contributed by atoms with Gasteiger partial charge in [0.1, 0.15) is 0 Å². The Balaban J connectivity index is 3.38. The van der Waals surface area contributed by atoms with Crippen molar-refractivity contribution in [3.8, 4) is 0 Å². The zero-order valence-corrected chi connectivity index (χ0v) is 8.18. The molecule has 2 nitrogen and oxygen atoms in total. The number of carbonyl (C=O) groups is 1. The summed E-state index contributed by atoms with van der Waals surface area (Å²) in [7, 11) is 0. The average Bonchev–Trinajstić information content (AvgIpc) is 2.04. The van der Waals surface area contributed by atoms with Crippen molar-refractivity contribution in [3.05, 3.63) is 0 Å². The first-order valence-corrected chi connectivity index (χ1v) is 4.95. The highest BCUT2D eigenvalue weighted by Crippen LogP contribution is 2.13. The molecular formula is C10H20O2. The summed E-state index contributed by atoms with van der Waals surface area (Å²) in [5.74, 6) is -0.740. The van der Waals surface area contributed by atoms with Crippen molar-refractivity contribution < 1.29 is 9.90 Å². The Hall–Kier alpha value is -0.530. The Morgan fingerprint density at radius 3 is 2.33 bits per heavy atom. The fourth-order valence-electron chi connectivity index (χ4n) is 1.32. The fourth-order valence-corrected chi connectivity index (χ4v) is 1.32. The SMILES string of the molecule is CCCCCC[C@@H](CC)C(=O)O. The van der Waals surface area contributed by atoms with Crippen molar-refractivity contribution in [2.45, 2.75) is 52.4 Å². The van der Waals surface area contributed by atoms with Crippen LogP contribution in [-0.4, -0.2) is 11.1 Å². The van der Waals surface area contributed by atoms with E-state index in [0.29, 0.717) is 0 Å². The van der Waals surface area contributed by atoms with Crippen molar-refractivity contribution in [3.63, 3.8) is 0 Å². The van der Waals surface area contributed by atoms with E-state index >= 15 is 0 Å². The van der Waals surface area contributed by atoms with Crippen LogP contribution in [0.15, 0.2) is 0 Å². The Bertz CT molecular complexity index is 121. The van der Waals surface area contributed by atoms with Crippen molar-refractivity contribution in [2.75, 3.05) is 0 Å². The topological polar surface area (TPSA) is 37.3 Å². The minimum Gasteiger partial charge on any atom is -0.481 e. The first-order valence-electron chi connectivity index (χ1n) is 4.95. The summed E-state index contributed by atoms with van der Waals surface area (Å²) >= 11 is 0. The van der Waals surface area contributed by atoms with E-state index in [4.69, 9.17) is 5.11 Å². The van der Waals surface area contributed by atoms with Gasteiger partial charge in [-0.1, -0.05) is 39.5 Å². The maximum absolute atomic E-state index is 10.6. The van der Waals surface area contributed by atoms with Gasteiger partial charge in [0.25, 0.3) is 0 Å². The third-order valence-electron chi connectivity index (χ3n) is 2.25. The molecule has 0 saturated heterocycles. The smallest absolute Gasteiger partial charge is 0.306 e. The zero-order valence-electron chi connectivity index (χ0n) is 8.18. The number of aliphatic carboxylic acids is 1. The Kier molecular flexibility index (Phi) is 6.82. The van der Waals surface area contributed by atoms with Crippen molar-refractivity contribution in [1.82, 2.24) is 0 Å². The lowest BCUT2D eigenvalue weighted by Gasteiger charge is -2.08. The summed E-state index contributed by atoms with van der Waals surface area (Å²) < 4.78 is 0. The molecule has 2 heteroatoms. The monoisotopic (exact) mass is 172 g/mol. The molecule has 0 aromatic carbocycles. The van der Waals surface area contributed by atoms with E-state index in [2.05, 4.69) is 6.92 Å².